The van der Waals surface area contributed by atoms with Crippen LogP contribution in [0.15, 0.2) is 35.3 Å². The van der Waals surface area contributed by atoms with Gasteiger partial charge in [-0.15, -0.1) is 0 Å². The van der Waals surface area contributed by atoms with Gasteiger partial charge in [0.2, 0.25) is 0 Å². The van der Waals surface area contributed by atoms with E-state index in [-0.39, 0.29) is 5.69 Å². The summed E-state index contributed by atoms with van der Waals surface area (Å²) in [5.74, 6) is 0. The van der Waals surface area contributed by atoms with Crippen LogP contribution in [-0.2, 0) is 14.1 Å². The molecule has 0 saturated heterocycles. The Morgan fingerprint density at radius 3 is 2.64 bits per heavy atom. The summed E-state index contributed by atoms with van der Waals surface area (Å²) in [5, 5.41) is 12.5. The molecule has 22 heavy (non-hydrogen) atoms. The van der Waals surface area contributed by atoms with Gasteiger partial charge in [-0.2, -0.15) is 5.26 Å². The lowest BCUT2D eigenvalue weighted by atomic mass is 10.1. The minimum atomic E-state index is -0.0652. The summed E-state index contributed by atoms with van der Waals surface area (Å²) in [7, 11) is 3.49. The highest BCUT2D eigenvalue weighted by Gasteiger charge is 2.10. The zero-order valence-electron chi connectivity index (χ0n) is 12.6. The van der Waals surface area contributed by atoms with E-state index in [1.807, 2.05) is 18.2 Å². The fourth-order valence-electron chi connectivity index (χ4n) is 2.55. The first-order chi connectivity index (χ1) is 10.5. The van der Waals surface area contributed by atoms with Gasteiger partial charge in [-0.1, -0.05) is 0 Å². The zero-order valence-corrected chi connectivity index (χ0v) is 12.6. The largest absolute Gasteiger partial charge is 0.354 e. The van der Waals surface area contributed by atoms with Crippen LogP contribution in [0.2, 0.25) is 0 Å². The Hall–Kier alpha value is -3.07. The molecule has 0 spiro atoms. The van der Waals surface area contributed by atoms with Gasteiger partial charge in [0.05, 0.1) is 28.0 Å². The molecule has 0 aliphatic heterocycles. The standard InChI is InChI=1S/C16H15N5O/c1-10-12(9-17)13(6-7-18-10)19-11-4-5-14-15(8-11)21(3)16(22)20(14)2/h4-8H,1-3H3,(H,18,19). The summed E-state index contributed by atoms with van der Waals surface area (Å²) in [6.45, 7) is 1.80. The molecule has 1 N–H and O–H groups in total. The second-order valence-corrected chi connectivity index (χ2v) is 5.16. The van der Waals surface area contributed by atoms with Crippen LogP contribution in [0.1, 0.15) is 11.3 Å². The molecule has 0 amide bonds. The predicted octanol–water partition coefficient (Wildman–Crippen LogP) is 2.20. The van der Waals surface area contributed by atoms with E-state index >= 15 is 0 Å². The van der Waals surface area contributed by atoms with Gasteiger partial charge in [0.1, 0.15) is 6.07 Å². The topological polar surface area (TPSA) is 75.6 Å². The van der Waals surface area contributed by atoms with Crippen molar-refractivity contribution in [2.45, 2.75) is 6.92 Å². The van der Waals surface area contributed by atoms with Crippen molar-refractivity contribution in [2.75, 3.05) is 5.32 Å². The number of hydrogen-bond donors (Lipinski definition) is 1. The number of nitrogens with zero attached hydrogens (tertiary/aromatic N) is 4. The van der Waals surface area contributed by atoms with Crippen LogP contribution in [0.4, 0.5) is 11.4 Å². The summed E-state index contributed by atoms with van der Waals surface area (Å²) in [6.07, 6.45) is 1.66. The van der Waals surface area contributed by atoms with Crippen molar-refractivity contribution in [1.82, 2.24) is 14.1 Å². The molecule has 0 bridgehead atoms. The molecule has 1 aromatic carbocycles. The Bertz CT molecular complexity index is 975. The van der Waals surface area contributed by atoms with Crippen LogP contribution in [0.3, 0.4) is 0 Å². The molecule has 2 aromatic heterocycles. The van der Waals surface area contributed by atoms with Crippen molar-refractivity contribution >= 4 is 22.4 Å². The van der Waals surface area contributed by atoms with Gasteiger partial charge >= 0.3 is 5.69 Å². The average molecular weight is 293 g/mol. The van der Waals surface area contributed by atoms with Gasteiger partial charge in [-0.05, 0) is 31.2 Å². The minimum Gasteiger partial charge on any atom is -0.354 e. The first-order valence-corrected chi connectivity index (χ1v) is 6.81. The molecule has 0 atom stereocenters. The Morgan fingerprint density at radius 2 is 1.91 bits per heavy atom. The van der Waals surface area contributed by atoms with Crippen LogP contribution in [-0.4, -0.2) is 14.1 Å². The lowest BCUT2D eigenvalue weighted by Crippen LogP contribution is -2.19. The molecule has 110 valence electrons. The number of aromatic nitrogens is 3. The molecule has 2 heterocycles. The van der Waals surface area contributed by atoms with Crippen molar-refractivity contribution in [1.29, 1.82) is 5.26 Å². The summed E-state index contributed by atoms with van der Waals surface area (Å²) >= 11 is 0. The number of nitriles is 1. The van der Waals surface area contributed by atoms with Crippen LogP contribution in [0.25, 0.3) is 11.0 Å². The third-order valence-corrected chi connectivity index (χ3v) is 3.80. The zero-order chi connectivity index (χ0) is 15.9. The van der Waals surface area contributed by atoms with Gasteiger partial charge in [0.25, 0.3) is 0 Å². The molecule has 3 aromatic rings. The lowest BCUT2D eigenvalue weighted by Gasteiger charge is -2.09. The Kier molecular flexibility index (Phi) is 3.18. The van der Waals surface area contributed by atoms with Crippen molar-refractivity contribution in [3.8, 4) is 6.07 Å². The lowest BCUT2D eigenvalue weighted by molar-refractivity contribution is 0.795. The third kappa shape index (κ3) is 2.04. The highest BCUT2D eigenvalue weighted by atomic mass is 16.1. The number of imidazole rings is 1. The maximum Gasteiger partial charge on any atom is 0.328 e. The molecule has 0 unspecified atom stereocenters. The maximum absolute atomic E-state index is 12.0. The SMILES string of the molecule is Cc1nccc(Nc2ccc3c(c2)n(C)c(=O)n3C)c1C#N. The second kappa shape index (κ2) is 5.04. The number of anilines is 2. The monoisotopic (exact) mass is 293 g/mol. The number of hydrogen-bond acceptors (Lipinski definition) is 4. The van der Waals surface area contributed by atoms with Gasteiger partial charge in [0, 0.05) is 26.0 Å². The summed E-state index contributed by atoms with van der Waals surface area (Å²) in [5.41, 5.74) is 4.35. The normalized spacial score (nSPS) is 10.6. The van der Waals surface area contributed by atoms with E-state index in [9.17, 15) is 10.1 Å². The van der Waals surface area contributed by atoms with Crippen molar-refractivity contribution in [3.05, 3.63) is 52.2 Å². The van der Waals surface area contributed by atoms with E-state index in [0.29, 0.717) is 16.9 Å². The molecular weight excluding hydrogens is 278 g/mol. The highest BCUT2D eigenvalue weighted by Crippen LogP contribution is 2.24. The quantitative estimate of drug-likeness (QED) is 0.786. The summed E-state index contributed by atoms with van der Waals surface area (Å²) in [4.78, 5) is 16.1. The second-order valence-electron chi connectivity index (χ2n) is 5.16. The molecule has 0 fully saturated rings. The number of fused-ring (bicyclic) bond motifs is 1. The number of pyridine rings is 1. The predicted molar refractivity (Wildman–Crippen MR) is 85.1 cm³/mol. The smallest absolute Gasteiger partial charge is 0.328 e. The minimum absolute atomic E-state index is 0.0652. The number of benzene rings is 1. The fourth-order valence-corrected chi connectivity index (χ4v) is 2.55. The molecule has 0 radical (unpaired) electrons. The molecule has 0 aliphatic rings. The molecule has 6 nitrogen and oxygen atoms in total. The highest BCUT2D eigenvalue weighted by molar-refractivity contribution is 5.82. The molecular formula is C16H15N5O. The van der Waals surface area contributed by atoms with E-state index in [1.54, 1.807) is 42.4 Å². The summed E-state index contributed by atoms with van der Waals surface area (Å²) in [6, 6.07) is 9.60. The van der Waals surface area contributed by atoms with Crippen LogP contribution in [0.5, 0.6) is 0 Å². The third-order valence-electron chi connectivity index (χ3n) is 3.80. The van der Waals surface area contributed by atoms with E-state index in [4.69, 9.17) is 0 Å². The van der Waals surface area contributed by atoms with E-state index in [1.165, 1.54) is 0 Å². The number of nitrogens with one attached hydrogen (secondary N) is 1. The van der Waals surface area contributed by atoms with E-state index < -0.39 is 0 Å². The summed E-state index contributed by atoms with van der Waals surface area (Å²) < 4.78 is 3.21. The van der Waals surface area contributed by atoms with Crippen LogP contribution in [0, 0.1) is 18.3 Å². The first-order valence-electron chi connectivity index (χ1n) is 6.81. The van der Waals surface area contributed by atoms with Crippen LogP contribution < -0.4 is 11.0 Å². The Morgan fingerprint density at radius 1 is 1.18 bits per heavy atom. The van der Waals surface area contributed by atoms with Gasteiger partial charge in [-0.3, -0.25) is 14.1 Å². The first kappa shape index (κ1) is 13.9. The average Bonchev–Trinajstić information content (AvgIpc) is 2.72. The van der Waals surface area contributed by atoms with E-state index in [2.05, 4.69) is 16.4 Å². The molecule has 0 saturated carbocycles. The van der Waals surface area contributed by atoms with Crippen molar-refractivity contribution in [3.63, 3.8) is 0 Å². The van der Waals surface area contributed by atoms with Crippen LogP contribution >= 0.6 is 0 Å². The van der Waals surface area contributed by atoms with Crippen molar-refractivity contribution < 1.29 is 0 Å². The van der Waals surface area contributed by atoms with Crippen molar-refractivity contribution in [2.24, 2.45) is 14.1 Å². The maximum atomic E-state index is 12.0. The molecule has 6 heteroatoms. The number of rotatable bonds is 2. The fraction of sp³-hybridized carbons (Fsp3) is 0.188. The van der Waals surface area contributed by atoms with Gasteiger partial charge in [-0.25, -0.2) is 4.79 Å². The van der Waals surface area contributed by atoms with E-state index in [0.717, 1.165) is 16.7 Å². The Labute approximate surface area is 127 Å². The number of aryl methyl sites for hydroxylation is 3. The molecule has 0 aliphatic carbocycles. The van der Waals surface area contributed by atoms with Gasteiger partial charge in [0.15, 0.2) is 0 Å². The van der Waals surface area contributed by atoms with Gasteiger partial charge < -0.3 is 5.32 Å². The molecule has 3 rings (SSSR count). The Balaban J connectivity index is 2.10.